The number of nitrogens with zero attached hydrogens (tertiary/aromatic N) is 1. The van der Waals surface area contributed by atoms with Crippen LogP contribution >= 0.6 is 24.0 Å². The second kappa shape index (κ2) is 8.19. The SMILES string of the molecule is CC(C)[C@@H](N)C(=O)N1CCC(c2ccc(Cl)cc2)CC1C.Cl. The minimum atomic E-state index is -0.389. The molecule has 1 aliphatic heterocycles. The van der Waals surface area contributed by atoms with Crippen LogP contribution in [0, 0.1) is 5.92 Å². The Balaban J connectivity index is 0.00000242. The van der Waals surface area contributed by atoms with Crippen LogP contribution in [0.3, 0.4) is 0 Å². The molecule has 124 valence electrons. The lowest BCUT2D eigenvalue weighted by Crippen LogP contribution is -2.52. The first-order valence-electron chi connectivity index (χ1n) is 7.71. The highest BCUT2D eigenvalue weighted by Gasteiger charge is 2.32. The lowest BCUT2D eigenvalue weighted by molar-refractivity contribution is -0.137. The highest BCUT2D eigenvalue weighted by atomic mass is 35.5. The minimum Gasteiger partial charge on any atom is -0.339 e. The maximum atomic E-state index is 12.4. The van der Waals surface area contributed by atoms with Crippen LogP contribution in [0.2, 0.25) is 5.02 Å². The van der Waals surface area contributed by atoms with Crippen LogP contribution in [0.4, 0.5) is 0 Å². The van der Waals surface area contributed by atoms with Crippen LogP contribution in [0.15, 0.2) is 24.3 Å². The van der Waals surface area contributed by atoms with Crippen molar-refractivity contribution in [2.24, 2.45) is 11.7 Å². The number of likely N-dealkylation sites (tertiary alicyclic amines) is 1. The molecule has 22 heavy (non-hydrogen) atoms. The zero-order valence-electron chi connectivity index (χ0n) is 13.5. The van der Waals surface area contributed by atoms with E-state index in [-0.39, 0.29) is 36.3 Å². The predicted molar refractivity (Wildman–Crippen MR) is 94.7 cm³/mol. The van der Waals surface area contributed by atoms with Gasteiger partial charge in [-0.15, -0.1) is 12.4 Å². The summed E-state index contributed by atoms with van der Waals surface area (Å²) in [7, 11) is 0. The molecule has 0 radical (unpaired) electrons. The van der Waals surface area contributed by atoms with Gasteiger partial charge in [-0.3, -0.25) is 4.79 Å². The van der Waals surface area contributed by atoms with Crippen LogP contribution in [0.1, 0.15) is 45.1 Å². The fraction of sp³-hybridized carbons (Fsp3) is 0.588. The van der Waals surface area contributed by atoms with Crippen LogP contribution in [-0.2, 0) is 4.79 Å². The predicted octanol–water partition coefficient (Wildman–Crippen LogP) is 3.84. The van der Waals surface area contributed by atoms with Gasteiger partial charge in [0.1, 0.15) is 0 Å². The lowest BCUT2D eigenvalue weighted by atomic mass is 9.85. The van der Waals surface area contributed by atoms with Crippen LogP contribution in [0.25, 0.3) is 0 Å². The quantitative estimate of drug-likeness (QED) is 0.905. The molecule has 1 amide bonds. The third-order valence-corrected chi connectivity index (χ3v) is 4.76. The van der Waals surface area contributed by atoms with E-state index in [1.807, 2.05) is 30.9 Å². The highest BCUT2D eigenvalue weighted by molar-refractivity contribution is 6.30. The third kappa shape index (κ3) is 4.37. The van der Waals surface area contributed by atoms with Gasteiger partial charge in [-0.25, -0.2) is 0 Å². The largest absolute Gasteiger partial charge is 0.339 e. The molecule has 2 rings (SSSR count). The summed E-state index contributed by atoms with van der Waals surface area (Å²) in [6, 6.07) is 7.91. The Morgan fingerprint density at radius 2 is 1.91 bits per heavy atom. The normalized spacial score (nSPS) is 23.1. The smallest absolute Gasteiger partial charge is 0.239 e. The van der Waals surface area contributed by atoms with Crippen LogP contribution in [0.5, 0.6) is 0 Å². The monoisotopic (exact) mass is 344 g/mol. The van der Waals surface area contributed by atoms with E-state index in [1.54, 1.807) is 0 Å². The van der Waals surface area contributed by atoms with E-state index < -0.39 is 0 Å². The fourth-order valence-corrected chi connectivity index (χ4v) is 3.14. The van der Waals surface area contributed by atoms with Crippen molar-refractivity contribution in [3.8, 4) is 0 Å². The molecule has 3 nitrogen and oxygen atoms in total. The molecular formula is C17H26Cl2N2O. The number of amides is 1. The summed E-state index contributed by atoms with van der Waals surface area (Å²) < 4.78 is 0. The fourth-order valence-electron chi connectivity index (χ4n) is 3.01. The van der Waals surface area contributed by atoms with E-state index in [0.29, 0.717) is 5.92 Å². The Morgan fingerprint density at radius 1 is 1.32 bits per heavy atom. The molecule has 5 heteroatoms. The number of carbonyl (C=O) groups is 1. The molecule has 1 fully saturated rings. The number of halogens is 2. The van der Waals surface area contributed by atoms with Crippen molar-refractivity contribution in [3.63, 3.8) is 0 Å². The molecular weight excluding hydrogens is 319 g/mol. The Hall–Kier alpha value is -0.770. The Bertz CT molecular complexity index is 490. The third-order valence-electron chi connectivity index (χ3n) is 4.50. The minimum absolute atomic E-state index is 0. The standard InChI is InChI=1S/C17H25ClN2O.ClH/c1-11(2)16(19)17(21)20-9-8-14(10-12(20)3)13-4-6-15(18)7-5-13;/h4-7,11-12,14,16H,8-10,19H2,1-3H3;1H/t12?,14?,16-;/m1./s1. The molecule has 2 unspecified atom stereocenters. The summed E-state index contributed by atoms with van der Waals surface area (Å²) >= 11 is 5.94. The molecule has 1 aromatic carbocycles. The maximum absolute atomic E-state index is 12.4. The number of hydrogen-bond acceptors (Lipinski definition) is 2. The molecule has 0 spiro atoms. The summed E-state index contributed by atoms with van der Waals surface area (Å²) in [5, 5.41) is 0.766. The van der Waals surface area contributed by atoms with Gasteiger partial charge in [0.05, 0.1) is 6.04 Å². The molecule has 1 aromatic rings. The van der Waals surface area contributed by atoms with E-state index in [1.165, 1.54) is 5.56 Å². The van der Waals surface area contributed by atoms with E-state index >= 15 is 0 Å². The summed E-state index contributed by atoms with van der Waals surface area (Å²) in [5.41, 5.74) is 7.32. The zero-order valence-corrected chi connectivity index (χ0v) is 15.0. The first-order chi connectivity index (χ1) is 9.90. The summed E-state index contributed by atoms with van der Waals surface area (Å²) in [6.07, 6.45) is 1.97. The van der Waals surface area contributed by atoms with Crippen molar-refractivity contribution in [2.75, 3.05) is 6.54 Å². The number of nitrogens with two attached hydrogens (primary N) is 1. The summed E-state index contributed by atoms with van der Waals surface area (Å²) in [5.74, 6) is 0.766. The highest BCUT2D eigenvalue weighted by Crippen LogP contribution is 2.32. The van der Waals surface area contributed by atoms with Gasteiger partial charge in [-0.1, -0.05) is 37.6 Å². The molecule has 0 bridgehead atoms. The summed E-state index contributed by atoms with van der Waals surface area (Å²) in [4.78, 5) is 14.4. The van der Waals surface area contributed by atoms with E-state index in [0.717, 1.165) is 24.4 Å². The average Bonchev–Trinajstić information content (AvgIpc) is 2.46. The molecule has 3 atom stereocenters. The lowest BCUT2D eigenvalue weighted by Gasteiger charge is -2.39. The first kappa shape index (κ1) is 19.3. The van der Waals surface area contributed by atoms with Crippen LogP contribution in [-0.4, -0.2) is 29.4 Å². The van der Waals surface area contributed by atoms with E-state index in [2.05, 4.69) is 19.1 Å². The number of hydrogen-bond donors (Lipinski definition) is 1. The van der Waals surface area contributed by atoms with Gasteiger partial charge in [0, 0.05) is 17.6 Å². The molecule has 0 aromatic heterocycles. The number of carbonyl (C=O) groups excluding carboxylic acids is 1. The maximum Gasteiger partial charge on any atom is 0.239 e. The second-order valence-corrected chi connectivity index (χ2v) is 6.86. The van der Waals surface area contributed by atoms with Gasteiger partial charge in [0.2, 0.25) is 5.91 Å². The number of rotatable bonds is 3. The molecule has 1 aliphatic rings. The average molecular weight is 345 g/mol. The van der Waals surface area contributed by atoms with Gasteiger partial charge < -0.3 is 10.6 Å². The van der Waals surface area contributed by atoms with Crippen LogP contribution < -0.4 is 5.73 Å². The van der Waals surface area contributed by atoms with Crippen molar-refractivity contribution in [1.82, 2.24) is 4.90 Å². The molecule has 0 aliphatic carbocycles. The molecule has 2 N–H and O–H groups in total. The summed E-state index contributed by atoms with van der Waals surface area (Å²) in [6.45, 7) is 6.89. The first-order valence-corrected chi connectivity index (χ1v) is 8.09. The molecule has 0 saturated carbocycles. The zero-order chi connectivity index (χ0) is 15.6. The van der Waals surface area contributed by atoms with Gasteiger partial charge in [0.25, 0.3) is 0 Å². The van der Waals surface area contributed by atoms with Gasteiger partial charge in [0.15, 0.2) is 0 Å². The Kier molecular flexibility index (Phi) is 7.17. The van der Waals surface area contributed by atoms with Gasteiger partial charge in [-0.2, -0.15) is 0 Å². The Morgan fingerprint density at radius 3 is 2.41 bits per heavy atom. The van der Waals surface area contributed by atoms with Crippen molar-refractivity contribution < 1.29 is 4.79 Å². The number of benzene rings is 1. The number of piperidine rings is 1. The second-order valence-electron chi connectivity index (χ2n) is 6.42. The van der Waals surface area contributed by atoms with Gasteiger partial charge >= 0.3 is 0 Å². The van der Waals surface area contributed by atoms with Crippen molar-refractivity contribution >= 4 is 29.9 Å². The van der Waals surface area contributed by atoms with Crippen molar-refractivity contribution in [1.29, 1.82) is 0 Å². The van der Waals surface area contributed by atoms with Crippen molar-refractivity contribution in [2.45, 2.75) is 51.6 Å². The van der Waals surface area contributed by atoms with Gasteiger partial charge in [-0.05, 0) is 49.3 Å². The molecule has 1 saturated heterocycles. The Labute approximate surface area is 144 Å². The topological polar surface area (TPSA) is 46.3 Å². The van der Waals surface area contributed by atoms with Crippen molar-refractivity contribution in [3.05, 3.63) is 34.9 Å². The van der Waals surface area contributed by atoms with E-state index in [4.69, 9.17) is 17.3 Å². The molecule has 1 heterocycles. The van der Waals surface area contributed by atoms with E-state index in [9.17, 15) is 4.79 Å².